The second-order valence-corrected chi connectivity index (χ2v) is 6.09. The number of rotatable bonds is 0. The van der Waals surface area contributed by atoms with E-state index in [1.807, 2.05) is 0 Å². The van der Waals surface area contributed by atoms with Gasteiger partial charge in [-0.05, 0) is 0 Å². The summed E-state index contributed by atoms with van der Waals surface area (Å²) in [5.74, 6) is 0. The maximum atomic E-state index is 2.37. The Kier molecular flexibility index (Phi) is 7.21. The summed E-state index contributed by atoms with van der Waals surface area (Å²) in [6.45, 7) is 6.82. The second kappa shape index (κ2) is 5.62. The van der Waals surface area contributed by atoms with E-state index >= 15 is 0 Å². The maximum absolute atomic E-state index is 2.37. The molecule has 0 N–H and O–H groups in total. The van der Waals surface area contributed by atoms with E-state index < -0.39 is 0 Å². The first-order valence-corrected chi connectivity index (χ1v) is 5.42. The van der Waals surface area contributed by atoms with Crippen molar-refractivity contribution >= 4 is 24.8 Å². The molecule has 0 radical (unpaired) electrons. The average molecular weight is 373 g/mol. The van der Waals surface area contributed by atoms with E-state index in [1.54, 1.807) is 3.33 Å². The van der Waals surface area contributed by atoms with Crippen LogP contribution in [0.3, 0.4) is 0 Å². The van der Waals surface area contributed by atoms with Crippen LogP contribution in [0.5, 0.6) is 0 Å². The maximum Gasteiger partial charge on any atom is -0.147 e. The molecule has 0 aromatic rings. The van der Waals surface area contributed by atoms with Gasteiger partial charge < -0.3 is 0 Å². The molecule has 0 atom stereocenters. The molecule has 3 heteroatoms. The van der Waals surface area contributed by atoms with E-state index in [0.29, 0.717) is 5.41 Å². The van der Waals surface area contributed by atoms with Gasteiger partial charge in [-0.2, -0.15) is 0 Å². The Bertz CT molecular complexity index is 199. The van der Waals surface area contributed by atoms with Crippen molar-refractivity contribution in [3.8, 4) is 0 Å². The third-order valence-electron chi connectivity index (χ3n) is 1.74. The van der Waals surface area contributed by atoms with Crippen molar-refractivity contribution in [2.24, 2.45) is 5.41 Å². The van der Waals surface area contributed by atoms with Crippen LogP contribution < -0.4 is 0 Å². The largest absolute Gasteiger partial charge is 0.147 e. The number of hydrogen-bond acceptors (Lipinski definition) is 0. The average Bonchev–Trinajstić information content (AvgIpc) is 2.11. The Balaban J connectivity index is 0. The minimum Gasteiger partial charge on any atom is -0.147 e. The minimum atomic E-state index is 0. The van der Waals surface area contributed by atoms with Gasteiger partial charge in [0.1, 0.15) is 0 Å². The van der Waals surface area contributed by atoms with Crippen molar-refractivity contribution in [1.82, 2.24) is 0 Å². The topological polar surface area (TPSA) is 0 Å². The first-order chi connectivity index (χ1) is 4.50. The SMILES string of the molecule is CC(C)(C)C1=CC[C]([Hf])=C1.Cl.Cl. The molecule has 0 unspecified atom stereocenters. The molecule has 0 bridgehead atoms. The van der Waals surface area contributed by atoms with Crippen LogP contribution in [0, 0.1) is 5.41 Å². The molecule has 0 fully saturated rings. The van der Waals surface area contributed by atoms with Crippen LogP contribution in [0.25, 0.3) is 0 Å². The molecule has 0 aromatic heterocycles. The molecule has 0 spiro atoms. The van der Waals surface area contributed by atoms with Gasteiger partial charge in [0.2, 0.25) is 0 Å². The van der Waals surface area contributed by atoms with E-state index in [-0.39, 0.29) is 24.8 Å². The zero-order chi connectivity index (χ0) is 7.78. The Hall–Kier alpha value is 0.930. The predicted molar refractivity (Wildman–Crippen MR) is 54.7 cm³/mol. The third-order valence-corrected chi connectivity index (χ3v) is 2.99. The van der Waals surface area contributed by atoms with Gasteiger partial charge in [-0.1, -0.05) is 0 Å². The molecular weight excluding hydrogens is 357 g/mol. The number of hydrogen-bond donors (Lipinski definition) is 0. The van der Waals surface area contributed by atoms with Crippen molar-refractivity contribution < 1.29 is 24.4 Å². The van der Waals surface area contributed by atoms with Crippen LogP contribution in [0.15, 0.2) is 21.1 Å². The van der Waals surface area contributed by atoms with Crippen molar-refractivity contribution in [1.29, 1.82) is 0 Å². The number of halogens is 2. The third kappa shape index (κ3) is 4.25. The van der Waals surface area contributed by atoms with E-state index in [1.165, 1.54) is 36.4 Å². The molecule has 12 heavy (non-hydrogen) atoms. The Morgan fingerprint density at radius 1 is 1.25 bits per heavy atom. The molecular formula is C9H15Cl2Hf. The Morgan fingerprint density at radius 3 is 1.92 bits per heavy atom. The summed E-state index contributed by atoms with van der Waals surface area (Å²) in [5, 5.41) is 0. The van der Waals surface area contributed by atoms with Gasteiger partial charge in [-0.15, -0.1) is 24.8 Å². The summed E-state index contributed by atoms with van der Waals surface area (Å²) >= 11 is 1.23. The summed E-state index contributed by atoms with van der Waals surface area (Å²) in [4.78, 5) is 0. The molecule has 0 aromatic carbocycles. The smallest absolute Gasteiger partial charge is 0.147 e. The van der Waals surface area contributed by atoms with E-state index in [2.05, 4.69) is 32.9 Å². The fourth-order valence-corrected chi connectivity index (χ4v) is 1.97. The van der Waals surface area contributed by atoms with Crippen molar-refractivity contribution in [2.75, 3.05) is 0 Å². The minimum absolute atomic E-state index is 0. The van der Waals surface area contributed by atoms with Gasteiger partial charge >= 0.3 is 78.0 Å². The van der Waals surface area contributed by atoms with Crippen LogP contribution in [0.2, 0.25) is 0 Å². The quantitative estimate of drug-likeness (QED) is 0.570. The van der Waals surface area contributed by atoms with E-state index in [4.69, 9.17) is 0 Å². The summed E-state index contributed by atoms with van der Waals surface area (Å²) in [5.41, 5.74) is 1.89. The van der Waals surface area contributed by atoms with Crippen molar-refractivity contribution in [3.63, 3.8) is 0 Å². The predicted octanol–water partition coefficient (Wildman–Crippen LogP) is 3.64. The van der Waals surface area contributed by atoms with Gasteiger partial charge in [-0.3, -0.25) is 0 Å². The monoisotopic (exact) mass is 373 g/mol. The van der Waals surface area contributed by atoms with Gasteiger partial charge in [0, 0.05) is 0 Å². The van der Waals surface area contributed by atoms with Crippen LogP contribution in [-0.2, 0) is 24.4 Å². The molecule has 0 saturated carbocycles. The van der Waals surface area contributed by atoms with Crippen molar-refractivity contribution in [3.05, 3.63) is 21.1 Å². The first kappa shape index (κ1) is 15.4. The molecule has 0 aliphatic heterocycles. The molecule has 69 valence electrons. The molecule has 0 saturated heterocycles. The molecule has 0 nitrogen and oxygen atoms in total. The standard InChI is InChI=1S/C9H13.2ClH.Hf/c1-9(2,3)8-6-4-5-7-8;;;/h6-7H,4H2,1-3H3;2*1H;. The van der Waals surface area contributed by atoms with E-state index in [0.717, 1.165) is 0 Å². The summed E-state index contributed by atoms with van der Waals surface area (Å²) in [7, 11) is 0. The Labute approximate surface area is 102 Å². The van der Waals surface area contributed by atoms with Gasteiger partial charge in [0.15, 0.2) is 0 Å². The fourth-order valence-electron chi connectivity index (χ4n) is 1.05. The molecule has 1 aliphatic rings. The second-order valence-electron chi connectivity index (χ2n) is 3.78. The zero-order valence-electron chi connectivity index (χ0n) is 7.68. The van der Waals surface area contributed by atoms with Crippen LogP contribution in [0.4, 0.5) is 0 Å². The van der Waals surface area contributed by atoms with E-state index in [9.17, 15) is 0 Å². The first-order valence-electron chi connectivity index (χ1n) is 3.63. The Morgan fingerprint density at radius 2 is 1.75 bits per heavy atom. The number of allylic oxidation sites excluding steroid dienone is 4. The van der Waals surface area contributed by atoms with Crippen LogP contribution in [-0.4, -0.2) is 0 Å². The zero-order valence-corrected chi connectivity index (χ0v) is 12.9. The van der Waals surface area contributed by atoms with Crippen LogP contribution >= 0.6 is 24.8 Å². The van der Waals surface area contributed by atoms with Crippen molar-refractivity contribution in [2.45, 2.75) is 27.2 Å². The molecule has 1 rings (SSSR count). The molecule has 1 aliphatic carbocycles. The summed E-state index contributed by atoms with van der Waals surface area (Å²) in [6.07, 6.45) is 5.95. The van der Waals surface area contributed by atoms with Gasteiger partial charge in [0.05, 0.1) is 0 Å². The molecule has 0 heterocycles. The summed E-state index contributed by atoms with van der Waals surface area (Å²) in [6, 6.07) is 0. The van der Waals surface area contributed by atoms with Gasteiger partial charge in [0.25, 0.3) is 0 Å². The summed E-state index contributed by atoms with van der Waals surface area (Å²) < 4.78 is 1.63. The normalized spacial score (nSPS) is 15.5. The molecule has 0 amide bonds. The van der Waals surface area contributed by atoms with Crippen LogP contribution in [0.1, 0.15) is 27.2 Å². The van der Waals surface area contributed by atoms with Gasteiger partial charge in [-0.25, -0.2) is 0 Å². The fraction of sp³-hybridized carbons (Fsp3) is 0.556.